The lowest BCUT2D eigenvalue weighted by atomic mass is 10.2. The maximum atomic E-state index is 11.8. The van der Waals surface area contributed by atoms with E-state index in [0.717, 1.165) is 5.75 Å². The fourth-order valence-electron chi connectivity index (χ4n) is 1.43. The molecule has 110 valence electrons. The summed E-state index contributed by atoms with van der Waals surface area (Å²) in [5.74, 6) is 0.411. The van der Waals surface area contributed by atoms with E-state index in [9.17, 15) is 9.59 Å². The lowest BCUT2D eigenvalue weighted by Crippen LogP contribution is -2.30. The van der Waals surface area contributed by atoms with E-state index >= 15 is 0 Å². The molecule has 0 aliphatic rings. The summed E-state index contributed by atoms with van der Waals surface area (Å²) >= 11 is 0. The number of amides is 1. The van der Waals surface area contributed by atoms with Crippen molar-refractivity contribution in [2.24, 2.45) is 5.92 Å². The maximum absolute atomic E-state index is 11.8. The maximum Gasteiger partial charge on any atom is 0.325 e. The van der Waals surface area contributed by atoms with Crippen molar-refractivity contribution in [3.63, 3.8) is 0 Å². The molecule has 0 aromatic heterocycles. The van der Waals surface area contributed by atoms with Crippen molar-refractivity contribution in [1.82, 2.24) is 5.32 Å². The Morgan fingerprint density at radius 1 is 1.20 bits per heavy atom. The van der Waals surface area contributed by atoms with Gasteiger partial charge in [-0.15, -0.1) is 0 Å². The van der Waals surface area contributed by atoms with Crippen LogP contribution in [-0.4, -0.2) is 31.6 Å². The highest BCUT2D eigenvalue weighted by molar-refractivity contribution is 5.95. The minimum atomic E-state index is -0.447. The molecule has 1 rings (SSSR count). The molecule has 0 unspecified atom stereocenters. The molecule has 0 atom stereocenters. The molecule has 1 aromatic rings. The van der Waals surface area contributed by atoms with Gasteiger partial charge in [-0.05, 0) is 37.1 Å². The second-order valence-electron chi connectivity index (χ2n) is 4.72. The summed E-state index contributed by atoms with van der Waals surface area (Å²) in [5.41, 5.74) is 0.478. The summed E-state index contributed by atoms with van der Waals surface area (Å²) in [4.78, 5) is 22.9. The van der Waals surface area contributed by atoms with Crippen LogP contribution >= 0.6 is 0 Å². The molecule has 0 radical (unpaired) electrons. The van der Waals surface area contributed by atoms with Gasteiger partial charge in [0.25, 0.3) is 5.91 Å². The monoisotopic (exact) mass is 279 g/mol. The highest BCUT2D eigenvalue weighted by Gasteiger charge is 2.08. The SMILES string of the molecule is CCOC(=O)CNC(=O)c1ccc(OCC(C)C)cc1. The van der Waals surface area contributed by atoms with E-state index in [1.54, 1.807) is 31.2 Å². The quantitative estimate of drug-likeness (QED) is 0.775. The van der Waals surface area contributed by atoms with Crippen LogP contribution in [0.5, 0.6) is 5.75 Å². The highest BCUT2D eigenvalue weighted by atomic mass is 16.5. The summed E-state index contributed by atoms with van der Waals surface area (Å²) in [6.07, 6.45) is 0. The molecule has 0 saturated heterocycles. The molecule has 1 amide bonds. The van der Waals surface area contributed by atoms with Gasteiger partial charge in [0.2, 0.25) is 0 Å². The largest absolute Gasteiger partial charge is 0.493 e. The van der Waals surface area contributed by atoms with Gasteiger partial charge in [0, 0.05) is 5.56 Å². The molecule has 0 aliphatic carbocycles. The molecule has 5 heteroatoms. The lowest BCUT2D eigenvalue weighted by molar-refractivity contribution is -0.141. The first kappa shape index (κ1) is 16.0. The van der Waals surface area contributed by atoms with Crippen LogP contribution in [0, 0.1) is 5.92 Å². The van der Waals surface area contributed by atoms with Crippen molar-refractivity contribution in [1.29, 1.82) is 0 Å². The molecule has 0 spiro atoms. The zero-order valence-electron chi connectivity index (χ0n) is 12.1. The number of carbonyl (C=O) groups excluding carboxylic acids is 2. The van der Waals surface area contributed by atoms with Crippen molar-refractivity contribution in [3.8, 4) is 5.75 Å². The smallest absolute Gasteiger partial charge is 0.325 e. The Kier molecular flexibility index (Phi) is 6.56. The van der Waals surface area contributed by atoms with E-state index in [-0.39, 0.29) is 12.5 Å². The van der Waals surface area contributed by atoms with Crippen LogP contribution in [-0.2, 0) is 9.53 Å². The second kappa shape index (κ2) is 8.19. The zero-order chi connectivity index (χ0) is 15.0. The molecular formula is C15H21NO4. The number of nitrogens with one attached hydrogen (secondary N) is 1. The Labute approximate surface area is 119 Å². The first-order valence-electron chi connectivity index (χ1n) is 6.69. The van der Waals surface area contributed by atoms with Gasteiger partial charge in [0.1, 0.15) is 12.3 Å². The topological polar surface area (TPSA) is 64.6 Å². The Bertz CT molecular complexity index is 440. The van der Waals surface area contributed by atoms with Gasteiger partial charge in [0.15, 0.2) is 0 Å². The van der Waals surface area contributed by atoms with Gasteiger partial charge in [-0.25, -0.2) is 0 Å². The summed E-state index contributed by atoms with van der Waals surface area (Å²) < 4.78 is 10.3. The second-order valence-corrected chi connectivity index (χ2v) is 4.72. The van der Waals surface area contributed by atoms with Crippen molar-refractivity contribution >= 4 is 11.9 Å². The van der Waals surface area contributed by atoms with Crippen molar-refractivity contribution in [2.45, 2.75) is 20.8 Å². The number of rotatable bonds is 7. The van der Waals surface area contributed by atoms with Crippen molar-refractivity contribution in [3.05, 3.63) is 29.8 Å². The molecular weight excluding hydrogens is 258 g/mol. The number of carbonyl (C=O) groups is 2. The third-order valence-electron chi connectivity index (χ3n) is 2.40. The molecule has 0 saturated carbocycles. The van der Waals surface area contributed by atoms with E-state index < -0.39 is 5.97 Å². The summed E-state index contributed by atoms with van der Waals surface area (Å²) in [6.45, 7) is 6.66. The predicted molar refractivity (Wildman–Crippen MR) is 75.7 cm³/mol. The summed E-state index contributed by atoms with van der Waals surface area (Å²) in [5, 5.41) is 2.50. The Hall–Kier alpha value is -2.04. The summed E-state index contributed by atoms with van der Waals surface area (Å²) in [6, 6.07) is 6.80. The van der Waals surface area contributed by atoms with Crippen LogP contribution in [0.1, 0.15) is 31.1 Å². The van der Waals surface area contributed by atoms with Gasteiger partial charge < -0.3 is 14.8 Å². The van der Waals surface area contributed by atoms with E-state index in [1.165, 1.54) is 0 Å². The van der Waals surface area contributed by atoms with E-state index in [1.807, 2.05) is 0 Å². The predicted octanol–water partition coefficient (Wildman–Crippen LogP) is 2.01. The Balaban J connectivity index is 2.47. The van der Waals surface area contributed by atoms with Gasteiger partial charge >= 0.3 is 5.97 Å². The van der Waals surface area contributed by atoms with Crippen LogP contribution < -0.4 is 10.1 Å². The summed E-state index contributed by atoms with van der Waals surface area (Å²) in [7, 11) is 0. The molecule has 0 fully saturated rings. The minimum Gasteiger partial charge on any atom is -0.493 e. The Morgan fingerprint density at radius 2 is 1.85 bits per heavy atom. The molecule has 0 bridgehead atoms. The number of esters is 1. The van der Waals surface area contributed by atoms with E-state index in [0.29, 0.717) is 24.7 Å². The molecule has 5 nitrogen and oxygen atoms in total. The van der Waals surface area contributed by atoms with Crippen LogP contribution in [0.4, 0.5) is 0 Å². The minimum absolute atomic E-state index is 0.127. The van der Waals surface area contributed by atoms with Gasteiger partial charge in [-0.1, -0.05) is 13.8 Å². The van der Waals surface area contributed by atoms with Crippen molar-refractivity contribution < 1.29 is 19.1 Å². The van der Waals surface area contributed by atoms with Gasteiger partial charge in [0.05, 0.1) is 13.2 Å². The average Bonchev–Trinajstić information content (AvgIpc) is 2.43. The lowest BCUT2D eigenvalue weighted by Gasteiger charge is -2.09. The van der Waals surface area contributed by atoms with Crippen LogP contribution in [0.15, 0.2) is 24.3 Å². The van der Waals surface area contributed by atoms with E-state index in [2.05, 4.69) is 19.2 Å². The number of benzene rings is 1. The third-order valence-corrected chi connectivity index (χ3v) is 2.40. The first-order chi connectivity index (χ1) is 9.52. The van der Waals surface area contributed by atoms with Crippen LogP contribution in [0.3, 0.4) is 0 Å². The molecule has 1 N–H and O–H groups in total. The van der Waals surface area contributed by atoms with E-state index in [4.69, 9.17) is 9.47 Å². The third kappa shape index (κ3) is 5.73. The van der Waals surface area contributed by atoms with Gasteiger partial charge in [-0.2, -0.15) is 0 Å². The van der Waals surface area contributed by atoms with Crippen LogP contribution in [0.25, 0.3) is 0 Å². The number of hydrogen-bond donors (Lipinski definition) is 1. The molecule has 0 heterocycles. The Morgan fingerprint density at radius 3 is 2.40 bits per heavy atom. The average molecular weight is 279 g/mol. The van der Waals surface area contributed by atoms with Crippen LogP contribution in [0.2, 0.25) is 0 Å². The van der Waals surface area contributed by atoms with Crippen molar-refractivity contribution in [2.75, 3.05) is 19.8 Å². The zero-order valence-corrected chi connectivity index (χ0v) is 12.1. The number of hydrogen-bond acceptors (Lipinski definition) is 4. The molecule has 1 aromatic carbocycles. The first-order valence-corrected chi connectivity index (χ1v) is 6.69. The number of ether oxygens (including phenoxy) is 2. The highest BCUT2D eigenvalue weighted by Crippen LogP contribution is 2.13. The van der Waals surface area contributed by atoms with Gasteiger partial charge in [-0.3, -0.25) is 9.59 Å². The fraction of sp³-hybridized carbons (Fsp3) is 0.467. The molecule has 20 heavy (non-hydrogen) atoms. The molecule has 0 aliphatic heterocycles. The standard InChI is InChI=1S/C15H21NO4/c1-4-19-14(17)9-16-15(18)12-5-7-13(8-6-12)20-10-11(2)3/h5-8,11H,4,9-10H2,1-3H3,(H,16,18). The normalized spacial score (nSPS) is 10.2. The fourth-order valence-corrected chi connectivity index (χ4v) is 1.43.